The summed E-state index contributed by atoms with van der Waals surface area (Å²) in [5.74, 6) is 0.430. The Morgan fingerprint density at radius 1 is 1.17 bits per heavy atom. The summed E-state index contributed by atoms with van der Waals surface area (Å²) in [7, 11) is 3.17. The van der Waals surface area contributed by atoms with Gasteiger partial charge in [-0.15, -0.1) is 0 Å². The van der Waals surface area contributed by atoms with Gasteiger partial charge in [0.25, 0.3) is 0 Å². The van der Waals surface area contributed by atoms with E-state index in [0.29, 0.717) is 17.1 Å². The van der Waals surface area contributed by atoms with Gasteiger partial charge in [0.15, 0.2) is 0 Å². The van der Waals surface area contributed by atoms with Crippen LogP contribution in [0.1, 0.15) is 5.56 Å². The summed E-state index contributed by atoms with van der Waals surface area (Å²) in [6, 6.07) is 11.2. The van der Waals surface area contributed by atoms with Crippen molar-refractivity contribution in [2.75, 3.05) is 14.2 Å². The second kappa shape index (κ2) is 6.57. The Kier molecular flexibility index (Phi) is 4.49. The van der Waals surface area contributed by atoms with Gasteiger partial charge in [-0.2, -0.15) is 0 Å². The van der Waals surface area contributed by atoms with Crippen molar-refractivity contribution in [3.63, 3.8) is 0 Å². The number of rotatable bonds is 5. The first-order chi connectivity index (χ1) is 11.5. The number of hydrogen-bond acceptors (Lipinski definition) is 3. The zero-order valence-corrected chi connectivity index (χ0v) is 14.8. The molecule has 0 amide bonds. The highest BCUT2D eigenvalue weighted by atomic mass is 79.9. The second-order valence-electron chi connectivity index (χ2n) is 5.31. The highest BCUT2D eigenvalue weighted by Gasteiger charge is 2.19. The molecule has 0 unspecified atom stereocenters. The molecule has 24 heavy (non-hydrogen) atoms. The molecule has 2 N–H and O–H groups in total. The molecule has 0 aliphatic rings. The van der Waals surface area contributed by atoms with E-state index >= 15 is 0 Å². The van der Waals surface area contributed by atoms with Crippen molar-refractivity contribution in [3.05, 3.63) is 46.4 Å². The number of aromatic amines is 1. The van der Waals surface area contributed by atoms with E-state index in [1.807, 2.05) is 24.3 Å². The number of methoxy groups -OCH3 is 2. The lowest BCUT2D eigenvalue weighted by Crippen LogP contribution is -2.01. The number of halogens is 1. The smallest absolute Gasteiger partial charge is 0.307 e. The standard InChI is InChI=1S/C18H16BrNO4/c1-23-11-4-6-16(24-2)14(8-11)18-13(9-17(21)22)12-7-10(19)3-5-15(12)20-18/h3-8,20H,9H2,1-2H3,(H,21,22). The number of hydrogen-bond donors (Lipinski definition) is 2. The van der Waals surface area contributed by atoms with E-state index in [0.717, 1.165) is 26.6 Å². The molecule has 124 valence electrons. The van der Waals surface area contributed by atoms with Crippen LogP contribution in [0.15, 0.2) is 40.9 Å². The highest BCUT2D eigenvalue weighted by Crippen LogP contribution is 2.38. The van der Waals surface area contributed by atoms with E-state index in [4.69, 9.17) is 9.47 Å². The fourth-order valence-corrected chi connectivity index (χ4v) is 3.16. The fraction of sp³-hybridized carbons (Fsp3) is 0.167. The van der Waals surface area contributed by atoms with Crippen LogP contribution in [0.3, 0.4) is 0 Å². The zero-order chi connectivity index (χ0) is 17.3. The van der Waals surface area contributed by atoms with Crippen LogP contribution in [0.4, 0.5) is 0 Å². The van der Waals surface area contributed by atoms with Crippen LogP contribution in [0.25, 0.3) is 22.2 Å². The predicted octanol–water partition coefficient (Wildman–Crippen LogP) is 4.24. The van der Waals surface area contributed by atoms with Gasteiger partial charge in [-0.1, -0.05) is 15.9 Å². The molecule has 0 spiro atoms. The number of carboxylic acids is 1. The largest absolute Gasteiger partial charge is 0.497 e. The van der Waals surface area contributed by atoms with Gasteiger partial charge in [0.2, 0.25) is 0 Å². The minimum atomic E-state index is -0.890. The second-order valence-corrected chi connectivity index (χ2v) is 6.22. The number of benzene rings is 2. The van der Waals surface area contributed by atoms with Crippen molar-refractivity contribution in [1.29, 1.82) is 0 Å². The molecule has 0 saturated heterocycles. The predicted molar refractivity (Wildman–Crippen MR) is 95.9 cm³/mol. The van der Waals surface area contributed by atoms with E-state index in [2.05, 4.69) is 20.9 Å². The van der Waals surface area contributed by atoms with Gasteiger partial charge < -0.3 is 19.6 Å². The molecule has 3 rings (SSSR count). The van der Waals surface area contributed by atoms with Crippen LogP contribution < -0.4 is 9.47 Å². The first-order valence-corrected chi connectivity index (χ1v) is 8.07. The Hall–Kier alpha value is -2.47. The number of aromatic nitrogens is 1. The summed E-state index contributed by atoms with van der Waals surface area (Å²) in [6.45, 7) is 0. The SMILES string of the molecule is COc1ccc(OC)c(-c2[nH]c3ccc(Br)cc3c2CC(=O)O)c1. The molecule has 0 fully saturated rings. The van der Waals surface area contributed by atoms with Gasteiger partial charge in [0.1, 0.15) is 11.5 Å². The zero-order valence-electron chi connectivity index (χ0n) is 13.2. The van der Waals surface area contributed by atoms with Crippen molar-refractivity contribution in [1.82, 2.24) is 4.98 Å². The number of aliphatic carboxylic acids is 1. The van der Waals surface area contributed by atoms with Crippen molar-refractivity contribution >= 4 is 32.8 Å². The van der Waals surface area contributed by atoms with Crippen molar-refractivity contribution in [2.24, 2.45) is 0 Å². The van der Waals surface area contributed by atoms with E-state index in [9.17, 15) is 9.90 Å². The molecular weight excluding hydrogens is 374 g/mol. The van der Waals surface area contributed by atoms with Gasteiger partial charge in [0.05, 0.1) is 26.3 Å². The lowest BCUT2D eigenvalue weighted by atomic mass is 10.0. The Morgan fingerprint density at radius 2 is 1.96 bits per heavy atom. The molecule has 1 aromatic heterocycles. The summed E-state index contributed by atoms with van der Waals surface area (Å²) in [6.07, 6.45) is -0.0911. The van der Waals surface area contributed by atoms with Crippen LogP contribution in [0.2, 0.25) is 0 Å². The van der Waals surface area contributed by atoms with Crippen LogP contribution in [-0.2, 0) is 11.2 Å². The van der Waals surface area contributed by atoms with E-state index in [1.165, 1.54) is 0 Å². The quantitative estimate of drug-likeness (QED) is 0.684. The minimum Gasteiger partial charge on any atom is -0.497 e. The van der Waals surface area contributed by atoms with Crippen molar-refractivity contribution in [3.8, 4) is 22.8 Å². The lowest BCUT2D eigenvalue weighted by Gasteiger charge is -2.11. The lowest BCUT2D eigenvalue weighted by molar-refractivity contribution is -0.136. The highest BCUT2D eigenvalue weighted by molar-refractivity contribution is 9.10. The Balaban J connectivity index is 2.31. The summed E-state index contributed by atoms with van der Waals surface area (Å²) in [4.78, 5) is 14.7. The Morgan fingerprint density at radius 3 is 2.62 bits per heavy atom. The molecule has 0 radical (unpaired) electrons. The number of carbonyl (C=O) groups is 1. The maximum atomic E-state index is 11.4. The molecule has 1 heterocycles. The van der Waals surface area contributed by atoms with Gasteiger partial charge in [0, 0.05) is 20.9 Å². The normalized spacial score (nSPS) is 10.8. The monoisotopic (exact) mass is 389 g/mol. The van der Waals surface area contributed by atoms with Crippen molar-refractivity contribution < 1.29 is 19.4 Å². The molecule has 0 aliphatic heterocycles. The summed E-state index contributed by atoms with van der Waals surface area (Å²) >= 11 is 3.44. The first-order valence-electron chi connectivity index (χ1n) is 7.27. The maximum Gasteiger partial charge on any atom is 0.307 e. The number of H-pyrrole nitrogens is 1. The molecule has 3 aromatic rings. The number of fused-ring (bicyclic) bond motifs is 1. The topological polar surface area (TPSA) is 71.5 Å². The van der Waals surface area contributed by atoms with E-state index in [1.54, 1.807) is 26.4 Å². The molecular formula is C18H16BrNO4. The third-order valence-corrected chi connectivity index (χ3v) is 4.37. The van der Waals surface area contributed by atoms with Crippen molar-refractivity contribution in [2.45, 2.75) is 6.42 Å². The van der Waals surface area contributed by atoms with Crippen LogP contribution in [-0.4, -0.2) is 30.3 Å². The average Bonchev–Trinajstić information content (AvgIpc) is 2.91. The maximum absolute atomic E-state index is 11.4. The summed E-state index contributed by atoms with van der Waals surface area (Å²) in [5, 5.41) is 10.2. The fourth-order valence-electron chi connectivity index (χ4n) is 2.79. The van der Waals surface area contributed by atoms with Gasteiger partial charge in [-0.3, -0.25) is 4.79 Å². The van der Waals surface area contributed by atoms with Gasteiger partial charge in [-0.25, -0.2) is 0 Å². The number of carboxylic acid groups (broad SMARTS) is 1. The molecule has 0 aliphatic carbocycles. The van der Waals surface area contributed by atoms with Gasteiger partial charge in [-0.05, 0) is 42.0 Å². The first kappa shape index (κ1) is 16.4. The summed E-state index contributed by atoms with van der Waals surface area (Å²) < 4.78 is 11.6. The minimum absolute atomic E-state index is 0.0911. The van der Waals surface area contributed by atoms with Crippen LogP contribution in [0.5, 0.6) is 11.5 Å². The summed E-state index contributed by atoms with van der Waals surface area (Å²) in [5.41, 5.74) is 3.07. The molecule has 0 bridgehead atoms. The molecule has 0 saturated carbocycles. The van der Waals surface area contributed by atoms with E-state index in [-0.39, 0.29) is 6.42 Å². The third-order valence-electron chi connectivity index (χ3n) is 3.87. The van der Waals surface area contributed by atoms with Crippen LogP contribution >= 0.6 is 15.9 Å². The van der Waals surface area contributed by atoms with E-state index < -0.39 is 5.97 Å². The van der Waals surface area contributed by atoms with Gasteiger partial charge >= 0.3 is 5.97 Å². The Bertz CT molecular complexity index is 917. The average molecular weight is 390 g/mol. The number of ether oxygens (including phenoxy) is 2. The molecule has 0 atom stereocenters. The van der Waals surface area contributed by atoms with Crippen LogP contribution in [0, 0.1) is 0 Å². The third kappa shape index (κ3) is 2.97. The molecule has 2 aromatic carbocycles. The molecule has 5 nitrogen and oxygen atoms in total. The molecule has 6 heteroatoms. The number of nitrogens with one attached hydrogen (secondary N) is 1. The Labute approximate surface area is 147 Å².